The molecule has 0 unspecified atom stereocenters. The summed E-state index contributed by atoms with van der Waals surface area (Å²) in [5.74, 6) is 0.661. The van der Waals surface area contributed by atoms with Crippen molar-refractivity contribution in [1.29, 1.82) is 5.26 Å². The normalized spacial score (nSPS) is 10.5. The van der Waals surface area contributed by atoms with Crippen LogP contribution in [0.3, 0.4) is 0 Å². The number of nitriles is 1. The summed E-state index contributed by atoms with van der Waals surface area (Å²) in [5.41, 5.74) is 2.59. The number of carbonyl (C=O) groups is 1. The van der Waals surface area contributed by atoms with E-state index in [1.165, 1.54) is 0 Å². The summed E-state index contributed by atoms with van der Waals surface area (Å²) < 4.78 is 4.99. The van der Waals surface area contributed by atoms with Gasteiger partial charge in [0.2, 0.25) is 5.91 Å². The van der Waals surface area contributed by atoms with Gasteiger partial charge in [-0.2, -0.15) is 5.26 Å². The van der Waals surface area contributed by atoms with E-state index < -0.39 is 0 Å². The van der Waals surface area contributed by atoms with Gasteiger partial charge < -0.3 is 14.4 Å². The Bertz CT molecular complexity index is 858. The zero-order valence-electron chi connectivity index (χ0n) is 14.3. The van der Waals surface area contributed by atoms with Crippen LogP contribution >= 0.6 is 0 Å². The molecule has 0 fully saturated rings. The van der Waals surface area contributed by atoms with Crippen molar-refractivity contribution in [3.8, 4) is 6.07 Å². The fourth-order valence-electron chi connectivity index (χ4n) is 2.67. The van der Waals surface area contributed by atoms with Crippen molar-refractivity contribution in [3.63, 3.8) is 0 Å². The van der Waals surface area contributed by atoms with E-state index in [4.69, 9.17) is 9.78 Å². The van der Waals surface area contributed by atoms with Crippen molar-refractivity contribution in [2.45, 2.75) is 40.2 Å². The van der Waals surface area contributed by atoms with E-state index in [9.17, 15) is 9.59 Å². The summed E-state index contributed by atoms with van der Waals surface area (Å²) in [6, 6.07) is 3.71. The topological polar surface area (TPSA) is 103 Å². The van der Waals surface area contributed by atoms with Crippen LogP contribution in [0.2, 0.25) is 0 Å². The fraction of sp³-hybridized carbons (Fsp3) is 0.412. The number of carbonyl (C=O) groups excluding carboxylic acids is 1. The Balaban J connectivity index is 2.06. The molecule has 0 saturated carbocycles. The molecular formula is C17H20N4O3. The Labute approximate surface area is 139 Å². The minimum absolute atomic E-state index is 0.0424. The van der Waals surface area contributed by atoms with Gasteiger partial charge in [0.25, 0.3) is 5.56 Å². The molecule has 0 spiro atoms. The maximum atomic E-state index is 12.3. The van der Waals surface area contributed by atoms with Crippen molar-refractivity contribution in [2.24, 2.45) is 0 Å². The average Bonchev–Trinajstić information content (AvgIpc) is 2.91. The number of nitrogens with one attached hydrogen (secondary N) is 1. The number of hydrogen-bond donors (Lipinski definition) is 1. The van der Waals surface area contributed by atoms with Gasteiger partial charge in [0.15, 0.2) is 0 Å². The first kappa shape index (κ1) is 17.5. The SMILES string of the molecule is Cc1cc(CN(C)C(=O)CCc2c(C)[nH]c(=O)c(C#N)c2C)no1. The van der Waals surface area contributed by atoms with E-state index in [1.807, 2.05) is 6.07 Å². The van der Waals surface area contributed by atoms with Crippen LogP contribution in [0.25, 0.3) is 0 Å². The molecule has 7 nitrogen and oxygen atoms in total. The summed E-state index contributed by atoms with van der Waals surface area (Å²) in [6.07, 6.45) is 0.746. The van der Waals surface area contributed by atoms with Gasteiger partial charge in [-0.05, 0) is 38.3 Å². The number of aryl methyl sites for hydroxylation is 2. The minimum Gasteiger partial charge on any atom is -0.361 e. The molecule has 0 radical (unpaired) electrons. The summed E-state index contributed by atoms with van der Waals surface area (Å²) in [6.45, 7) is 5.69. The molecule has 2 aromatic rings. The van der Waals surface area contributed by atoms with Gasteiger partial charge in [0.05, 0.1) is 6.54 Å². The van der Waals surface area contributed by atoms with Crippen molar-refractivity contribution in [2.75, 3.05) is 7.05 Å². The summed E-state index contributed by atoms with van der Waals surface area (Å²) in [4.78, 5) is 28.3. The predicted molar refractivity (Wildman–Crippen MR) is 87.3 cm³/mol. The van der Waals surface area contributed by atoms with Crippen LogP contribution in [0, 0.1) is 32.1 Å². The van der Waals surface area contributed by atoms with E-state index >= 15 is 0 Å². The predicted octanol–water partition coefficient (Wildman–Crippen LogP) is 1.75. The number of rotatable bonds is 5. The standard InChI is InChI=1S/C17H20N4O3/c1-10-7-13(20-24-10)9-21(4)16(22)6-5-14-11(2)15(8-18)17(23)19-12(14)3/h7H,5-6,9H2,1-4H3,(H,19,23). The molecule has 2 aromatic heterocycles. The number of aromatic nitrogens is 2. The second-order valence-corrected chi connectivity index (χ2v) is 5.85. The van der Waals surface area contributed by atoms with Crippen molar-refractivity contribution >= 4 is 5.91 Å². The first-order chi connectivity index (χ1) is 11.3. The van der Waals surface area contributed by atoms with Gasteiger partial charge in [-0.25, -0.2) is 0 Å². The van der Waals surface area contributed by atoms with E-state index in [0.717, 1.165) is 5.56 Å². The highest BCUT2D eigenvalue weighted by Crippen LogP contribution is 2.16. The van der Waals surface area contributed by atoms with Crippen LogP contribution in [0.15, 0.2) is 15.4 Å². The highest BCUT2D eigenvalue weighted by Gasteiger charge is 2.16. The van der Waals surface area contributed by atoms with E-state index in [-0.39, 0.29) is 23.5 Å². The van der Waals surface area contributed by atoms with Crippen molar-refractivity contribution in [3.05, 3.63) is 50.3 Å². The molecule has 0 aliphatic rings. The number of amides is 1. The molecule has 126 valence electrons. The van der Waals surface area contributed by atoms with E-state index in [0.29, 0.717) is 35.7 Å². The molecule has 24 heavy (non-hydrogen) atoms. The van der Waals surface area contributed by atoms with Crippen LogP contribution < -0.4 is 5.56 Å². The third-order valence-corrected chi connectivity index (χ3v) is 4.01. The molecule has 0 aromatic carbocycles. The Kier molecular flexibility index (Phi) is 5.19. The first-order valence-electron chi connectivity index (χ1n) is 7.62. The van der Waals surface area contributed by atoms with Crippen LogP contribution in [0.5, 0.6) is 0 Å². The molecule has 7 heteroatoms. The van der Waals surface area contributed by atoms with Gasteiger partial charge >= 0.3 is 0 Å². The summed E-state index contributed by atoms with van der Waals surface area (Å²) >= 11 is 0. The number of hydrogen-bond acceptors (Lipinski definition) is 5. The lowest BCUT2D eigenvalue weighted by molar-refractivity contribution is -0.130. The average molecular weight is 328 g/mol. The monoisotopic (exact) mass is 328 g/mol. The summed E-state index contributed by atoms with van der Waals surface area (Å²) in [5, 5.41) is 13.0. The Morgan fingerprint density at radius 3 is 2.71 bits per heavy atom. The molecule has 1 N–H and O–H groups in total. The molecule has 2 heterocycles. The third kappa shape index (κ3) is 3.71. The molecular weight excluding hydrogens is 308 g/mol. The number of aromatic amines is 1. The molecule has 0 atom stereocenters. The fourth-order valence-corrected chi connectivity index (χ4v) is 2.67. The highest BCUT2D eigenvalue weighted by molar-refractivity contribution is 5.76. The smallest absolute Gasteiger partial charge is 0.266 e. The Hall–Kier alpha value is -2.88. The van der Waals surface area contributed by atoms with Gasteiger partial charge in [-0.3, -0.25) is 9.59 Å². The van der Waals surface area contributed by atoms with Crippen LogP contribution in [0.4, 0.5) is 0 Å². The molecule has 2 rings (SSSR count). The van der Waals surface area contributed by atoms with Crippen LogP contribution in [-0.2, 0) is 17.8 Å². The lowest BCUT2D eigenvalue weighted by Crippen LogP contribution is -2.27. The van der Waals surface area contributed by atoms with Gasteiger partial charge in [0.1, 0.15) is 23.1 Å². The Morgan fingerprint density at radius 2 is 2.12 bits per heavy atom. The van der Waals surface area contributed by atoms with Gasteiger partial charge in [-0.15, -0.1) is 0 Å². The highest BCUT2D eigenvalue weighted by atomic mass is 16.5. The van der Waals surface area contributed by atoms with Gasteiger partial charge in [-0.1, -0.05) is 5.16 Å². The lowest BCUT2D eigenvalue weighted by atomic mass is 9.99. The Morgan fingerprint density at radius 1 is 1.42 bits per heavy atom. The van der Waals surface area contributed by atoms with E-state index in [1.54, 1.807) is 38.8 Å². The first-order valence-corrected chi connectivity index (χ1v) is 7.62. The molecule has 0 aliphatic heterocycles. The molecule has 0 bridgehead atoms. The van der Waals surface area contributed by atoms with E-state index in [2.05, 4.69) is 10.1 Å². The van der Waals surface area contributed by atoms with Crippen molar-refractivity contribution in [1.82, 2.24) is 15.0 Å². The van der Waals surface area contributed by atoms with Crippen LogP contribution in [-0.4, -0.2) is 28.0 Å². The zero-order chi connectivity index (χ0) is 17.9. The third-order valence-electron chi connectivity index (χ3n) is 4.01. The quantitative estimate of drug-likeness (QED) is 0.900. The maximum absolute atomic E-state index is 12.3. The van der Waals surface area contributed by atoms with Crippen LogP contribution in [0.1, 0.15) is 40.3 Å². The number of pyridine rings is 1. The molecule has 0 saturated heterocycles. The maximum Gasteiger partial charge on any atom is 0.266 e. The zero-order valence-corrected chi connectivity index (χ0v) is 14.3. The summed E-state index contributed by atoms with van der Waals surface area (Å²) in [7, 11) is 1.71. The largest absolute Gasteiger partial charge is 0.361 e. The van der Waals surface area contributed by atoms with Crippen molar-refractivity contribution < 1.29 is 9.32 Å². The number of H-pyrrole nitrogens is 1. The molecule has 0 aliphatic carbocycles. The van der Waals surface area contributed by atoms with Gasteiger partial charge in [0, 0.05) is 25.2 Å². The second-order valence-electron chi connectivity index (χ2n) is 5.85. The number of nitrogens with zero attached hydrogens (tertiary/aromatic N) is 3. The lowest BCUT2D eigenvalue weighted by Gasteiger charge is -2.16. The molecule has 1 amide bonds. The minimum atomic E-state index is -0.388. The second kappa shape index (κ2) is 7.13.